The first-order chi connectivity index (χ1) is 10.4. The number of azide groups is 2. The summed E-state index contributed by atoms with van der Waals surface area (Å²) >= 11 is 0. The zero-order valence-corrected chi connectivity index (χ0v) is 12.2. The van der Waals surface area contributed by atoms with Gasteiger partial charge in [0.1, 0.15) is 19.3 Å². The van der Waals surface area contributed by atoms with E-state index in [2.05, 4.69) is 29.5 Å². The Kier molecular flexibility index (Phi) is 14.7. The van der Waals surface area contributed by atoms with Crippen molar-refractivity contribution in [1.29, 1.82) is 0 Å². The van der Waals surface area contributed by atoms with Gasteiger partial charge in [0, 0.05) is 23.7 Å². The van der Waals surface area contributed by atoms with E-state index in [-0.39, 0.29) is 26.4 Å². The number of esters is 2. The number of nitrogens with zero attached hydrogens (tertiary/aromatic N) is 6. The molecule has 0 aliphatic heterocycles. The van der Waals surface area contributed by atoms with Crippen molar-refractivity contribution in [3.05, 3.63) is 20.9 Å². The Hall–Kier alpha value is -2.52. The molecule has 0 rings (SSSR count). The summed E-state index contributed by atoms with van der Waals surface area (Å²) in [6, 6.07) is -1.35. The van der Waals surface area contributed by atoms with Crippen LogP contribution in [-0.4, -0.2) is 60.7 Å². The summed E-state index contributed by atoms with van der Waals surface area (Å²) in [5.74, 6) is -0.961. The number of ether oxygens (including phenoxy) is 2. The lowest BCUT2D eigenvalue weighted by molar-refractivity contribution is -0.144. The normalized spacial score (nSPS) is 9.00. The summed E-state index contributed by atoms with van der Waals surface area (Å²) in [6.07, 6.45) is 0. The molecule has 12 heteroatoms. The Bertz CT molecular complexity index is 410. The first-order valence-corrected chi connectivity index (χ1v) is 5.98. The van der Waals surface area contributed by atoms with E-state index in [0.29, 0.717) is 0 Å². The van der Waals surface area contributed by atoms with Crippen LogP contribution in [-0.2, 0) is 19.1 Å². The third kappa shape index (κ3) is 15.5. The molecule has 12 nitrogen and oxygen atoms in total. The number of aliphatic hydroxyl groups excluding tert-OH is 2. The maximum Gasteiger partial charge on any atom is 0.302 e. The molecule has 0 aromatic heterocycles. The van der Waals surface area contributed by atoms with Gasteiger partial charge in [0.05, 0.1) is 19.3 Å². The first kappa shape index (κ1) is 21.8. The number of hydrogen-bond donors (Lipinski definition) is 2. The van der Waals surface area contributed by atoms with E-state index >= 15 is 0 Å². The second-order valence-electron chi connectivity index (χ2n) is 3.69. The van der Waals surface area contributed by atoms with Crippen molar-refractivity contribution in [2.45, 2.75) is 25.9 Å². The molecule has 0 aliphatic carbocycles. The number of aliphatic hydroxyl groups is 2. The highest BCUT2D eigenvalue weighted by Gasteiger charge is 2.10. The van der Waals surface area contributed by atoms with Gasteiger partial charge in [-0.1, -0.05) is 10.2 Å². The van der Waals surface area contributed by atoms with Crippen LogP contribution in [0.4, 0.5) is 0 Å². The number of carbonyl (C=O) groups excluding carboxylic acids is 2. The molecule has 0 aromatic rings. The fraction of sp³-hybridized carbons (Fsp3) is 0.800. The molecule has 0 saturated heterocycles. The zero-order valence-electron chi connectivity index (χ0n) is 12.2. The third-order valence-electron chi connectivity index (χ3n) is 1.81. The fourth-order valence-electron chi connectivity index (χ4n) is 0.819. The highest BCUT2D eigenvalue weighted by molar-refractivity contribution is 5.66. The fourth-order valence-corrected chi connectivity index (χ4v) is 0.819. The van der Waals surface area contributed by atoms with Crippen LogP contribution in [0.25, 0.3) is 20.9 Å². The Morgan fingerprint density at radius 2 is 1.32 bits per heavy atom. The summed E-state index contributed by atoms with van der Waals surface area (Å²) in [4.78, 5) is 25.8. The van der Waals surface area contributed by atoms with Crippen LogP contribution < -0.4 is 0 Å². The van der Waals surface area contributed by atoms with Crippen molar-refractivity contribution in [2.75, 3.05) is 26.4 Å². The van der Waals surface area contributed by atoms with Crippen molar-refractivity contribution < 1.29 is 29.3 Å². The minimum atomic E-state index is -0.681. The van der Waals surface area contributed by atoms with Gasteiger partial charge in [0.2, 0.25) is 0 Å². The topological polar surface area (TPSA) is 191 Å². The van der Waals surface area contributed by atoms with Crippen LogP contribution in [0.15, 0.2) is 10.2 Å². The Morgan fingerprint density at radius 1 is 0.955 bits per heavy atom. The molecule has 124 valence electrons. The lowest BCUT2D eigenvalue weighted by atomic mass is 10.3. The van der Waals surface area contributed by atoms with Crippen LogP contribution in [0.2, 0.25) is 0 Å². The van der Waals surface area contributed by atoms with Crippen LogP contribution in [0, 0.1) is 0 Å². The quantitative estimate of drug-likeness (QED) is 0.282. The minimum Gasteiger partial charge on any atom is -0.465 e. The smallest absolute Gasteiger partial charge is 0.302 e. The van der Waals surface area contributed by atoms with E-state index in [1.54, 1.807) is 0 Å². The van der Waals surface area contributed by atoms with Gasteiger partial charge in [0.15, 0.2) is 0 Å². The molecule has 0 saturated carbocycles. The SMILES string of the molecule is CC(=O)OCC(COC(C)=O)N=[N+]=[N-].[N-]=[N+]=NC(CO)CO. The standard InChI is InChI=1S/C7H11N3O4.C3H7N3O2/c1-5(11)13-3-7(9-10-8)4-14-6(2)12;4-6-5-3(1-7)2-8/h7H,3-4H2,1-2H3;3,7-8H,1-2H2. The van der Waals surface area contributed by atoms with Gasteiger partial charge in [-0.05, 0) is 11.1 Å². The second kappa shape index (κ2) is 14.9. The van der Waals surface area contributed by atoms with Gasteiger partial charge < -0.3 is 19.7 Å². The van der Waals surface area contributed by atoms with E-state index in [1.165, 1.54) is 13.8 Å². The average molecular weight is 318 g/mol. The molecule has 0 unspecified atom stereocenters. The van der Waals surface area contributed by atoms with Crippen molar-refractivity contribution >= 4 is 11.9 Å². The minimum absolute atomic E-state index is 0.0906. The molecule has 0 bridgehead atoms. The highest BCUT2D eigenvalue weighted by atomic mass is 16.5. The van der Waals surface area contributed by atoms with Gasteiger partial charge in [-0.3, -0.25) is 9.59 Å². The molecule has 0 atom stereocenters. The summed E-state index contributed by atoms with van der Waals surface area (Å²) in [5.41, 5.74) is 15.9. The van der Waals surface area contributed by atoms with Crippen molar-refractivity contribution in [3.63, 3.8) is 0 Å². The van der Waals surface area contributed by atoms with Crippen LogP contribution in [0.5, 0.6) is 0 Å². The maximum absolute atomic E-state index is 10.4. The maximum atomic E-state index is 10.4. The zero-order chi connectivity index (χ0) is 17.4. The lowest BCUT2D eigenvalue weighted by Gasteiger charge is -2.10. The summed E-state index contributed by atoms with van der Waals surface area (Å²) in [5, 5.41) is 22.8. The van der Waals surface area contributed by atoms with E-state index in [0.717, 1.165) is 0 Å². The molecular formula is C10H18N6O6. The summed E-state index contributed by atoms with van der Waals surface area (Å²) in [7, 11) is 0. The predicted molar refractivity (Wildman–Crippen MR) is 73.3 cm³/mol. The number of rotatable bonds is 8. The molecule has 0 aliphatic rings. The van der Waals surface area contributed by atoms with Gasteiger partial charge >= 0.3 is 11.9 Å². The van der Waals surface area contributed by atoms with Gasteiger partial charge in [0.25, 0.3) is 0 Å². The monoisotopic (exact) mass is 318 g/mol. The molecule has 0 heterocycles. The van der Waals surface area contributed by atoms with E-state index < -0.39 is 24.0 Å². The third-order valence-corrected chi connectivity index (χ3v) is 1.81. The van der Waals surface area contributed by atoms with Gasteiger partial charge in [-0.15, -0.1) is 0 Å². The number of hydrogen-bond acceptors (Lipinski definition) is 8. The highest BCUT2D eigenvalue weighted by Crippen LogP contribution is 1.96. The molecule has 0 aromatic carbocycles. The number of carbonyl (C=O) groups is 2. The van der Waals surface area contributed by atoms with Crippen molar-refractivity contribution in [2.24, 2.45) is 10.2 Å². The Labute approximate surface area is 125 Å². The predicted octanol–water partition coefficient (Wildman–Crippen LogP) is 0.441. The van der Waals surface area contributed by atoms with Crippen LogP contribution in [0.1, 0.15) is 13.8 Å². The molecule has 0 spiro atoms. The molecule has 22 heavy (non-hydrogen) atoms. The average Bonchev–Trinajstić information content (AvgIpc) is 2.48. The molecule has 2 N–H and O–H groups in total. The van der Waals surface area contributed by atoms with E-state index in [9.17, 15) is 9.59 Å². The molecule has 0 fully saturated rings. The van der Waals surface area contributed by atoms with Crippen molar-refractivity contribution in [3.8, 4) is 0 Å². The summed E-state index contributed by atoms with van der Waals surface area (Å²) in [6.45, 7) is 1.68. The van der Waals surface area contributed by atoms with E-state index in [1.807, 2.05) is 0 Å². The van der Waals surface area contributed by atoms with Crippen LogP contribution >= 0.6 is 0 Å². The van der Waals surface area contributed by atoms with Crippen molar-refractivity contribution in [1.82, 2.24) is 0 Å². The Morgan fingerprint density at radius 3 is 1.55 bits per heavy atom. The first-order valence-electron chi connectivity index (χ1n) is 5.98. The lowest BCUT2D eigenvalue weighted by Crippen LogP contribution is -2.22. The van der Waals surface area contributed by atoms with Crippen LogP contribution in [0.3, 0.4) is 0 Å². The van der Waals surface area contributed by atoms with E-state index in [4.69, 9.17) is 21.3 Å². The largest absolute Gasteiger partial charge is 0.465 e. The molecular weight excluding hydrogens is 300 g/mol. The van der Waals surface area contributed by atoms with Gasteiger partial charge in [-0.25, -0.2) is 0 Å². The molecule has 0 amide bonds. The van der Waals surface area contributed by atoms with Gasteiger partial charge in [-0.2, -0.15) is 0 Å². The second-order valence-corrected chi connectivity index (χ2v) is 3.69. The summed E-state index contributed by atoms with van der Waals surface area (Å²) < 4.78 is 9.19. The Balaban J connectivity index is 0. The molecule has 0 radical (unpaired) electrons.